The molecule has 6 nitrogen and oxygen atoms in total. The van der Waals surface area contributed by atoms with E-state index in [0.717, 1.165) is 5.56 Å². The van der Waals surface area contributed by atoms with Crippen molar-refractivity contribution in [3.63, 3.8) is 0 Å². The van der Waals surface area contributed by atoms with E-state index >= 15 is 0 Å². The predicted octanol–water partition coefficient (Wildman–Crippen LogP) is 1.29. The molecule has 1 unspecified atom stereocenters. The summed E-state index contributed by atoms with van der Waals surface area (Å²) in [5.41, 5.74) is 1.04. The normalized spacial score (nSPS) is 36.2. The molecule has 0 saturated carbocycles. The summed E-state index contributed by atoms with van der Waals surface area (Å²) in [6.07, 6.45) is 3.25. The van der Waals surface area contributed by atoms with Gasteiger partial charge in [-0.15, -0.1) is 0 Å². The van der Waals surface area contributed by atoms with E-state index < -0.39 is 5.41 Å². The van der Waals surface area contributed by atoms with Crippen molar-refractivity contribution in [2.45, 2.75) is 30.7 Å². The Bertz CT molecular complexity index is 784. The van der Waals surface area contributed by atoms with Crippen molar-refractivity contribution in [3.05, 3.63) is 35.1 Å². The lowest BCUT2D eigenvalue weighted by molar-refractivity contribution is -1.11. The Morgan fingerprint density at radius 1 is 1.32 bits per heavy atom. The molecule has 25 heavy (non-hydrogen) atoms. The Balaban J connectivity index is 1.99. The molecule has 6 heteroatoms. The van der Waals surface area contributed by atoms with Gasteiger partial charge in [0.1, 0.15) is 18.3 Å². The average molecular weight is 345 g/mol. The first-order chi connectivity index (χ1) is 11.8. The van der Waals surface area contributed by atoms with Gasteiger partial charge in [-0.25, -0.2) is 5.21 Å². The molecule has 134 valence electrons. The highest BCUT2D eigenvalue weighted by Gasteiger charge is 2.61. The van der Waals surface area contributed by atoms with Gasteiger partial charge in [-0.2, -0.15) is 4.65 Å². The molecule has 1 heterocycles. The third-order valence-electron chi connectivity index (χ3n) is 6.43. The van der Waals surface area contributed by atoms with Crippen molar-refractivity contribution < 1.29 is 29.2 Å². The molecule has 0 radical (unpaired) electrons. The number of ether oxygens (including phenoxy) is 2. The fourth-order valence-electron chi connectivity index (χ4n) is 5.17. The highest BCUT2D eigenvalue weighted by atomic mass is 16.5. The predicted molar refractivity (Wildman–Crippen MR) is 87.3 cm³/mol. The van der Waals surface area contributed by atoms with E-state index in [-0.39, 0.29) is 34.6 Å². The third kappa shape index (κ3) is 2.07. The van der Waals surface area contributed by atoms with Crippen LogP contribution in [-0.2, 0) is 21.4 Å². The summed E-state index contributed by atoms with van der Waals surface area (Å²) in [5, 5.41) is 24.0. The number of quaternary nitrogens is 1. The summed E-state index contributed by atoms with van der Waals surface area (Å²) >= 11 is 0. The molecule has 0 aromatic heterocycles. The maximum Gasteiger partial charge on any atom is 0.197 e. The molecule has 4 rings (SSSR count). The average Bonchev–Trinajstić information content (AvgIpc) is 2.58. The van der Waals surface area contributed by atoms with Gasteiger partial charge in [0, 0.05) is 30.6 Å². The van der Waals surface area contributed by atoms with Crippen LogP contribution in [0.1, 0.15) is 24.0 Å². The number of hydroxylamine groups is 3. The van der Waals surface area contributed by atoms with Gasteiger partial charge in [0.15, 0.2) is 11.5 Å². The van der Waals surface area contributed by atoms with E-state index in [2.05, 4.69) is 0 Å². The van der Waals surface area contributed by atoms with Crippen LogP contribution in [0.2, 0.25) is 0 Å². The minimum absolute atomic E-state index is 0.0818. The lowest BCUT2D eigenvalue weighted by atomic mass is 9.53. The maximum absolute atomic E-state index is 13.1. The zero-order valence-electron chi connectivity index (χ0n) is 14.7. The number of hydrogen-bond donors (Lipinski definition) is 1. The quantitative estimate of drug-likeness (QED) is 0.817. The second-order valence-electron chi connectivity index (χ2n) is 7.61. The monoisotopic (exact) mass is 345 g/mol. The van der Waals surface area contributed by atoms with Crippen molar-refractivity contribution in [3.8, 4) is 11.5 Å². The van der Waals surface area contributed by atoms with Crippen LogP contribution in [0.25, 0.3) is 0 Å². The summed E-state index contributed by atoms with van der Waals surface area (Å²) < 4.78 is 10.4. The molecule has 0 amide bonds. The molecule has 1 saturated heterocycles. The van der Waals surface area contributed by atoms with Crippen LogP contribution >= 0.6 is 0 Å². The summed E-state index contributed by atoms with van der Waals surface area (Å²) in [4.78, 5) is 12.6. The Morgan fingerprint density at radius 2 is 2.08 bits per heavy atom. The summed E-state index contributed by atoms with van der Waals surface area (Å²) in [7, 11) is 4.78. The van der Waals surface area contributed by atoms with E-state index in [1.54, 1.807) is 13.1 Å². The van der Waals surface area contributed by atoms with Gasteiger partial charge in [0.25, 0.3) is 0 Å². The second-order valence-corrected chi connectivity index (χ2v) is 7.61. The van der Waals surface area contributed by atoms with Crippen molar-refractivity contribution in [2.75, 3.05) is 27.8 Å². The highest BCUT2D eigenvalue weighted by molar-refractivity contribution is 5.96. The first-order valence-corrected chi connectivity index (χ1v) is 8.58. The lowest BCUT2D eigenvalue weighted by Crippen LogP contribution is -2.67. The number of benzene rings is 1. The van der Waals surface area contributed by atoms with E-state index in [1.165, 1.54) is 14.2 Å². The summed E-state index contributed by atoms with van der Waals surface area (Å²) in [6.45, 7) is 0.515. The van der Waals surface area contributed by atoms with Crippen molar-refractivity contribution in [1.82, 2.24) is 0 Å². The van der Waals surface area contributed by atoms with Crippen molar-refractivity contribution in [2.24, 2.45) is 5.92 Å². The number of fused-ring (bicyclic) bond motifs is 1. The number of ketones is 1. The largest absolute Gasteiger partial charge is 0.870 e. The van der Waals surface area contributed by atoms with E-state index in [4.69, 9.17) is 9.47 Å². The molecular formula is C19H23NO5. The number of methoxy groups -OCH3 is 2. The standard InChI is InChI=1S/C19H23NO5/c1-20(23)7-6-19-10-14(21)16(25-3)9-12(19)13(20)8-11-4-5-15(24-2)18(22)17(11)19/h4-5,9,12-13,23H,6-8,10H2,1-3H3/t12-,13+,19-,20?/m1/s1. The second kappa shape index (κ2) is 5.22. The SMILES string of the molecule is COC1=C[C@@H]2[C@@H]3Cc4ccc(OC)c([O-])c4[C@]2(CC[N+]3(C)O)CC1=O. The van der Waals surface area contributed by atoms with Crippen LogP contribution in [0.5, 0.6) is 11.5 Å². The number of nitrogens with zero attached hydrogens (tertiary/aromatic N) is 1. The number of hydrogen-bond acceptors (Lipinski definition) is 5. The molecule has 1 aromatic carbocycles. The number of piperidine rings is 1. The number of rotatable bonds is 2. The third-order valence-corrected chi connectivity index (χ3v) is 6.43. The molecule has 1 N–H and O–H groups in total. The first kappa shape index (κ1) is 16.4. The van der Waals surface area contributed by atoms with Gasteiger partial charge >= 0.3 is 0 Å². The fraction of sp³-hybridized carbons (Fsp3) is 0.526. The Kier molecular flexibility index (Phi) is 3.43. The van der Waals surface area contributed by atoms with Gasteiger partial charge in [0.05, 0.1) is 21.3 Å². The molecule has 3 aliphatic rings. The van der Waals surface area contributed by atoms with Crippen LogP contribution in [0.4, 0.5) is 0 Å². The molecule has 1 aliphatic heterocycles. The summed E-state index contributed by atoms with van der Waals surface area (Å²) in [6, 6.07) is 3.50. The number of carbonyl (C=O) groups excluding carboxylic acids is 1. The van der Waals surface area contributed by atoms with Gasteiger partial charge in [-0.1, -0.05) is 11.8 Å². The zero-order valence-corrected chi connectivity index (χ0v) is 14.7. The number of Topliss-reactive ketones (excluding diaryl/α,β-unsaturated/α-hetero) is 1. The van der Waals surface area contributed by atoms with Crippen LogP contribution < -0.4 is 9.84 Å². The molecule has 0 spiro atoms. The van der Waals surface area contributed by atoms with Crippen molar-refractivity contribution >= 4 is 5.78 Å². The fourth-order valence-corrected chi connectivity index (χ4v) is 5.17. The van der Waals surface area contributed by atoms with Gasteiger partial charge < -0.3 is 14.6 Å². The van der Waals surface area contributed by atoms with Gasteiger partial charge in [-0.3, -0.25) is 4.79 Å². The molecule has 1 aromatic rings. The molecular weight excluding hydrogens is 322 g/mol. The van der Waals surface area contributed by atoms with Gasteiger partial charge in [0.2, 0.25) is 0 Å². The van der Waals surface area contributed by atoms with E-state index in [0.29, 0.717) is 36.5 Å². The minimum atomic E-state index is -0.580. The van der Waals surface area contributed by atoms with E-state index in [9.17, 15) is 15.1 Å². The van der Waals surface area contributed by atoms with Crippen LogP contribution in [-0.4, -0.2) is 49.5 Å². The topological polar surface area (TPSA) is 78.8 Å². The highest BCUT2D eigenvalue weighted by Crippen LogP contribution is 2.58. The molecule has 2 aliphatic carbocycles. The minimum Gasteiger partial charge on any atom is -0.870 e. The number of carbonyl (C=O) groups is 1. The lowest BCUT2D eigenvalue weighted by Gasteiger charge is -2.57. The maximum atomic E-state index is 13.1. The van der Waals surface area contributed by atoms with Crippen LogP contribution in [0.3, 0.4) is 0 Å². The molecule has 1 fully saturated rings. The van der Waals surface area contributed by atoms with Gasteiger partial charge in [-0.05, 0) is 23.3 Å². The molecule has 2 bridgehead atoms. The molecule has 4 atom stereocenters. The Labute approximate surface area is 146 Å². The van der Waals surface area contributed by atoms with E-state index in [1.807, 2.05) is 12.1 Å². The number of likely N-dealkylation sites (tertiary alicyclic amines) is 1. The van der Waals surface area contributed by atoms with Crippen LogP contribution in [0.15, 0.2) is 24.0 Å². The number of allylic oxidation sites excluding steroid dienone is 1. The zero-order chi connectivity index (χ0) is 18.0. The first-order valence-electron chi connectivity index (χ1n) is 8.58. The van der Waals surface area contributed by atoms with Crippen LogP contribution in [0, 0.1) is 5.92 Å². The smallest absolute Gasteiger partial charge is 0.197 e. The Hall–Kier alpha value is -2.05. The Morgan fingerprint density at radius 3 is 2.76 bits per heavy atom. The number of likely N-dealkylation sites (N-methyl/N-ethyl adjacent to an activating group) is 1. The summed E-state index contributed by atoms with van der Waals surface area (Å²) in [5.74, 6) is 0.329. The van der Waals surface area contributed by atoms with Crippen molar-refractivity contribution in [1.29, 1.82) is 0 Å².